The van der Waals surface area contributed by atoms with Crippen LogP contribution in [-0.2, 0) is 21.2 Å². The fourth-order valence-electron chi connectivity index (χ4n) is 3.55. The zero-order chi connectivity index (χ0) is 21.2. The summed E-state index contributed by atoms with van der Waals surface area (Å²) in [6.07, 6.45) is 0.0685. The second kappa shape index (κ2) is 8.30. The third kappa shape index (κ3) is 4.01. The molecule has 0 radical (unpaired) electrons. The number of fused-ring (bicyclic) bond motifs is 1. The van der Waals surface area contributed by atoms with Gasteiger partial charge in [0.05, 0.1) is 38.7 Å². The number of hydrogen-bond donors (Lipinski definition) is 1. The Hall–Kier alpha value is -2.78. The maximum absolute atomic E-state index is 13.3. The van der Waals surface area contributed by atoms with Crippen molar-refractivity contribution < 1.29 is 32.5 Å². The zero-order valence-electron chi connectivity index (χ0n) is 16.4. The molecule has 0 spiro atoms. The molecular weight excluding hydrogens is 398 g/mol. The van der Waals surface area contributed by atoms with E-state index in [1.807, 2.05) is 0 Å². The summed E-state index contributed by atoms with van der Waals surface area (Å²) in [4.78, 5) is 11.6. The van der Waals surface area contributed by atoms with Crippen LogP contribution in [-0.4, -0.2) is 51.7 Å². The molecule has 1 aliphatic rings. The molecule has 1 atom stereocenters. The van der Waals surface area contributed by atoms with Gasteiger partial charge in [0.15, 0.2) is 11.5 Å². The van der Waals surface area contributed by atoms with Crippen molar-refractivity contribution in [2.75, 3.05) is 27.9 Å². The van der Waals surface area contributed by atoms with Gasteiger partial charge in [-0.05, 0) is 53.9 Å². The van der Waals surface area contributed by atoms with E-state index in [2.05, 4.69) is 0 Å². The molecule has 0 aliphatic carbocycles. The molecule has 1 N–H and O–H groups in total. The summed E-state index contributed by atoms with van der Waals surface area (Å²) in [5, 5.41) is 9.45. The first-order chi connectivity index (χ1) is 13.8. The van der Waals surface area contributed by atoms with Gasteiger partial charge in [0.25, 0.3) is 0 Å². The average molecular weight is 421 g/mol. The van der Waals surface area contributed by atoms with E-state index in [1.54, 1.807) is 24.3 Å². The van der Waals surface area contributed by atoms with E-state index < -0.39 is 22.0 Å². The lowest BCUT2D eigenvalue weighted by atomic mass is 9.92. The molecule has 0 saturated carbocycles. The third-order valence-electron chi connectivity index (χ3n) is 4.99. The summed E-state index contributed by atoms with van der Waals surface area (Å²) in [6, 6.07) is 8.61. The molecule has 8 nitrogen and oxygen atoms in total. The quantitative estimate of drug-likeness (QED) is 0.733. The molecule has 0 fully saturated rings. The van der Waals surface area contributed by atoms with E-state index in [0.29, 0.717) is 29.2 Å². The highest BCUT2D eigenvalue weighted by molar-refractivity contribution is 7.89. The van der Waals surface area contributed by atoms with Crippen molar-refractivity contribution in [2.45, 2.75) is 23.8 Å². The van der Waals surface area contributed by atoms with Crippen LogP contribution in [0.15, 0.2) is 41.3 Å². The average Bonchev–Trinajstić information content (AvgIpc) is 2.72. The number of benzene rings is 2. The van der Waals surface area contributed by atoms with Gasteiger partial charge < -0.3 is 19.3 Å². The highest BCUT2D eigenvalue weighted by atomic mass is 32.2. The van der Waals surface area contributed by atoms with Crippen LogP contribution >= 0.6 is 0 Å². The van der Waals surface area contributed by atoms with Gasteiger partial charge in [-0.2, -0.15) is 4.31 Å². The van der Waals surface area contributed by atoms with Crippen molar-refractivity contribution in [3.05, 3.63) is 47.5 Å². The zero-order valence-corrected chi connectivity index (χ0v) is 17.2. The molecule has 1 unspecified atom stereocenters. The molecule has 9 heteroatoms. The smallest absolute Gasteiger partial charge is 0.305 e. The molecule has 156 valence electrons. The number of methoxy groups -OCH3 is 3. The molecule has 1 heterocycles. The number of ether oxygens (including phenoxy) is 3. The van der Waals surface area contributed by atoms with Crippen LogP contribution in [0.2, 0.25) is 0 Å². The SMILES string of the molecule is COc1ccc(S(=O)(=O)N2CCc3cc(OC)c(OC)cc3C2CC(=O)O)cc1. The van der Waals surface area contributed by atoms with Crippen molar-refractivity contribution in [2.24, 2.45) is 0 Å². The lowest BCUT2D eigenvalue weighted by Gasteiger charge is -2.36. The van der Waals surface area contributed by atoms with Gasteiger partial charge >= 0.3 is 5.97 Å². The molecule has 29 heavy (non-hydrogen) atoms. The Bertz CT molecular complexity index is 1000. The number of aliphatic carboxylic acids is 1. The third-order valence-corrected chi connectivity index (χ3v) is 6.91. The summed E-state index contributed by atoms with van der Waals surface area (Å²) >= 11 is 0. The van der Waals surface area contributed by atoms with E-state index in [1.165, 1.54) is 37.8 Å². The van der Waals surface area contributed by atoms with Crippen LogP contribution in [0.4, 0.5) is 0 Å². The van der Waals surface area contributed by atoms with Crippen LogP contribution < -0.4 is 14.2 Å². The topological polar surface area (TPSA) is 102 Å². The number of nitrogens with zero attached hydrogens (tertiary/aromatic N) is 1. The first-order valence-electron chi connectivity index (χ1n) is 8.94. The molecule has 1 aliphatic heterocycles. The number of sulfonamides is 1. The monoisotopic (exact) mass is 421 g/mol. The molecule has 0 bridgehead atoms. The second-order valence-electron chi connectivity index (χ2n) is 6.56. The first-order valence-corrected chi connectivity index (χ1v) is 10.4. The van der Waals surface area contributed by atoms with E-state index in [9.17, 15) is 18.3 Å². The molecular formula is C20H23NO7S. The maximum Gasteiger partial charge on any atom is 0.305 e. The Morgan fingerprint density at radius 2 is 1.69 bits per heavy atom. The van der Waals surface area contributed by atoms with Crippen molar-refractivity contribution >= 4 is 16.0 Å². The Kier molecular flexibility index (Phi) is 5.99. The Morgan fingerprint density at radius 1 is 1.07 bits per heavy atom. The van der Waals surface area contributed by atoms with Crippen LogP contribution in [0.3, 0.4) is 0 Å². The minimum atomic E-state index is -3.92. The van der Waals surface area contributed by atoms with Gasteiger partial charge in [-0.1, -0.05) is 0 Å². The minimum Gasteiger partial charge on any atom is -0.497 e. The molecule has 0 amide bonds. The van der Waals surface area contributed by atoms with Crippen LogP contribution in [0.1, 0.15) is 23.6 Å². The number of hydrogen-bond acceptors (Lipinski definition) is 6. The first kappa shape index (κ1) is 20.9. The highest BCUT2D eigenvalue weighted by Crippen LogP contribution is 2.41. The van der Waals surface area contributed by atoms with Crippen molar-refractivity contribution in [1.82, 2.24) is 4.31 Å². The maximum atomic E-state index is 13.3. The molecule has 0 saturated heterocycles. The van der Waals surface area contributed by atoms with Crippen molar-refractivity contribution in [1.29, 1.82) is 0 Å². The summed E-state index contributed by atoms with van der Waals surface area (Å²) in [7, 11) is 0.572. The van der Waals surface area contributed by atoms with E-state index in [-0.39, 0.29) is 17.9 Å². The number of carbonyl (C=O) groups is 1. The van der Waals surface area contributed by atoms with Gasteiger partial charge in [0.2, 0.25) is 10.0 Å². The van der Waals surface area contributed by atoms with Gasteiger partial charge in [-0.15, -0.1) is 0 Å². The van der Waals surface area contributed by atoms with Gasteiger partial charge in [0, 0.05) is 6.54 Å². The number of carboxylic acids is 1. The van der Waals surface area contributed by atoms with Crippen LogP contribution in [0, 0.1) is 0 Å². The van der Waals surface area contributed by atoms with Crippen LogP contribution in [0.5, 0.6) is 17.2 Å². The Balaban J connectivity index is 2.08. The molecule has 2 aromatic carbocycles. The molecule has 2 aromatic rings. The lowest BCUT2D eigenvalue weighted by Crippen LogP contribution is -2.41. The van der Waals surface area contributed by atoms with E-state index >= 15 is 0 Å². The molecule has 0 aromatic heterocycles. The summed E-state index contributed by atoms with van der Waals surface area (Å²) < 4.78 is 43.6. The standard InChI is InChI=1S/C20H23NO7S/c1-26-14-4-6-15(7-5-14)29(24,25)21-9-8-13-10-18(27-2)19(28-3)11-16(13)17(21)12-20(22)23/h4-7,10-11,17H,8-9,12H2,1-3H3,(H,22,23). The highest BCUT2D eigenvalue weighted by Gasteiger charge is 2.38. The summed E-state index contributed by atoms with van der Waals surface area (Å²) in [5.74, 6) is 0.386. The van der Waals surface area contributed by atoms with Gasteiger partial charge in [-0.25, -0.2) is 8.42 Å². The largest absolute Gasteiger partial charge is 0.497 e. The minimum absolute atomic E-state index is 0.0811. The summed E-state index contributed by atoms with van der Waals surface area (Å²) in [6.45, 7) is 0.162. The van der Waals surface area contributed by atoms with Gasteiger partial charge in [0.1, 0.15) is 5.75 Å². The fraction of sp³-hybridized carbons (Fsp3) is 0.350. The predicted octanol–water partition coefficient (Wildman–Crippen LogP) is 2.48. The lowest BCUT2D eigenvalue weighted by molar-refractivity contribution is -0.138. The van der Waals surface area contributed by atoms with Crippen molar-refractivity contribution in [3.63, 3.8) is 0 Å². The van der Waals surface area contributed by atoms with E-state index in [4.69, 9.17) is 14.2 Å². The Labute approximate surface area is 169 Å². The summed E-state index contributed by atoms with van der Waals surface area (Å²) in [5.41, 5.74) is 1.45. The Morgan fingerprint density at radius 3 is 2.24 bits per heavy atom. The van der Waals surface area contributed by atoms with Crippen molar-refractivity contribution in [3.8, 4) is 17.2 Å². The normalized spacial score (nSPS) is 16.7. The fourth-order valence-corrected chi connectivity index (χ4v) is 5.16. The number of rotatable bonds is 7. The van der Waals surface area contributed by atoms with Gasteiger partial charge in [-0.3, -0.25) is 4.79 Å². The van der Waals surface area contributed by atoms with Crippen LogP contribution in [0.25, 0.3) is 0 Å². The second-order valence-corrected chi connectivity index (χ2v) is 8.45. The van der Waals surface area contributed by atoms with E-state index in [0.717, 1.165) is 5.56 Å². The number of carboxylic acid groups (broad SMARTS) is 1. The predicted molar refractivity (Wildman–Crippen MR) is 105 cm³/mol. The molecule has 3 rings (SSSR count).